The molecule has 110 valence electrons. The largest absolute Gasteiger partial charge is 0.491 e. The van der Waals surface area contributed by atoms with E-state index in [0.29, 0.717) is 11.4 Å². The van der Waals surface area contributed by atoms with E-state index in [1.54, 1.807) is 24.3 Å². The standard InChI is InChI=1S/C12H14FNO5S/c13-20(17,18)11-7-12(16)14(8-11)9-1-3-10(4-2-9)19-6-5-15/h1-4,11,15H,5-8H2. The number of amides is 1. The molecule has 1 aliphatic rings. The second-order valence-corrected chi connectivity index (χ2v) is 5.99. The Kier molecular flexibility index (Phi) is 4.24. The van der Waals surface area contributed by atoms with E-state index in [-0.39, 0.29) is 26.2 Å². The summed E-state index contributed by atoms with van der Waals surface area (Å²) in [5, 5.41) is 7.32. The minimum Gasteiger partial charge on any atom is -0.491 e. The molecule has 1 atom stereocenters. The molecule has 0 aromatic heterocycles. The highest BCUT2D eigenvalue weighted by Gasteiger charge is 2.38. The van der Waals surface area contributed by atoms with Crippen molar-refractivity contribution < 1.29 is 26.9 Å². The zero-order valence-electron chi connectivity index (χ0n) is 10.5. The maximum Gasteiger partial charge on any atom is 0.307 e. The molecular weight excluding hydrogens is 289 g/mol. The molecule has 1 heterocycles. The molecule has 1 fully saturated rings. The average molecular weight is 303 g/mol. The molecular formula is C12H14FNO5S. The summed E-state index contributed by atoms with van der Waals surface area (Å²) < 4.78 is 39.8. The van der Waals surface area contributed by atoms with Crippen LogP contribution in [0.5, 0.6) is 5.75 Å². The summed E-state index contributed by atoms with van der Waals surface area (Å²) in [7, 11) is -4.71. The Morgan fingerprint density at radius 3 is 2.50 bits per heavy atom. The van der Waals surface area contributed by atoms with Gasteiger partial charge in [0.2, 0.25) is 5.91 Å². The quantitative estimate of drug-likeness (QED) is 0.799. The zero-order valence-corrected chi connectivity index (χ0v) is 11.3. The molecule has 20 heavy (non-hydrogen) atoms. The molecule has 0 bridgehead atoms. The predicted molar refractivity (Wildman–Crippen MR) is 69.8 cm³/mol. The minimum atomic E-state index is -4.71. The van der Waals surface area contributed by atoms with Gasteiger partial charge in [-0.25, -0.2) is 0 Å². The van der Waals surface area contributed by atoms with Crippen molar-refractivity contribution in [2.24, 2.45) is 0 Å². The molecule has 0 saturated carbocycles. The van der Waals surface area contributed by atoms with Crippen molar-refractivity contribution in [1.29, 1.82) is 0 Å². The number of carbonyl (C=O) groups is 1. The van der Waals surface area contributed by atoms with Gasteiger partial charge in [0.1, 0.15) is 17.6 Å². The Labute approximate surface area is 116 Å². The molecule has 8 heteroatoms. The van der Waals surface area contributed by atoms with E-state index < -0.39 is 21.4 Å². The van der Waals surface area contributed by atoms with Crippen LogP contribution in [-0.2, 0) is 15.0 Å². The topological polar surface area (TPSA) is 83.9 Å². The van der Waals surface area contributed by atoms with Crippen LogP contribution in [0.25, 0.3) is 0 Å². The van der Waals surface area contributed by atoms with Crippen LogP contribution in [0, 0.1) is 0 Å². The number of ether oxygens (including phenoxy) is 1. The number of carbonyl (C=O) groups excluding carboxylic acids is 1. The van der Waals surface area contributed by atoms with Gasteiger partial charge in [-0.2, -0.15) is 8.42 Å². The Morgan fingerprint density at radius 2 is 2.00 bits per heavy atom. The van der Waals surface area contributed by atoms with Crippen LogP contribution < -0.4 is 9.64 Å². The van der Waals surface area contributed by atoms with Crippen molar-refractivity contribution in [2.75, 3.05) is 24.7 Å². The fourth-order valence-electron chi connectivity index (χ4n) is 2.00. The Balaban J connectivity index is 2.10. The summed E-state index contributed by atoms with van der Waals surface area (Å²) in [5.74, 6) is 0.0874. The molecule has 1 aromatic carbocycles. The number of anilines is 1. The fourth-order valence-corrected chi connectivity index (χ4v) is 2.67. The molecule has 1 aromatic rings. The van der Waals surface area contributed by atoms with E-state index >= 15 is 0 Å². The predicted octanol–water partition coefficient (Wildman–Crippen LogP) is 0.462. The van der Waals surface area contributed by atoms with Gasteiger partial charge in [-0.15, -0.1) is 3.89 Å². The maximum absolute atomic E-state index is 12.9. The first-order chi connectivity index (χ1) is 9.41. The molecule has 1 N–H and O–H groups in total. The summed E-state index contributed by atoms with van der Waals surface area (Å²) in [6.07, 6.45) is -0.346. The smallest absolute Gasteiger partial charge is 0.307 e. The normalized spacial score (nSPS) is 19.4. The van der Waals surface area contributed by atoms with E-state index in [0.717, 1.165) is 0 Å². The van der Waals surface area contributed by atoms with Crippen molar-refractivity contribution >= 4 is 21.8 Å². The molecule has 6 nitrogen and oxygen atoms in total. The van der Waals surface area contributed by atoms with Crippen LogP contribution in [0.15, 0.2) is 24.3 Å². The highest BCUT2D eigenvalue weighted by molar-refractivity contribution is 7.87. The second kappa shape index (κ2) is 5.76. The Morgan fingerprint density at radius 1 is 1.35 bits per heavy atom. The van der Waals surface area contributed by atoms with Crippen molar-refractivity contribution in [1.82, 2.24) is 0 Å². The number of aliphatic hydroxyl groups is 1. The lowest BCUT2D eigenvalue weighted by molar-refractivity contribution is -0.117. The number of nitrogens with zero attached hydrogens (tertiary/aromatic N) is 1. The summed E-state index contributed by atoms with van der Waals surface area (Å²) in [6, 6.07) is 6.35. The van der Waals surface area contributed by atoms with Gasteiger partial charge in [-0.05, 0) is 24.3 Å². The molecule has 1 aliphatic heterocycles. The monoisotopic (exact) mass is 303 g/mol. The average Bonchev–Trinajstić information content (AvgIpc) is 2.79. The number of hydrogen-bond acceptors (Lipinski definition) is 5. The van der Waals surface area contributed by atoms with E-state index in [1.165, 1.54) is 4.90 Å². The van der Waals surface area contributed by atoms with Crippen molar-refractivity contribution in [3.8, 4) is 5.75 Å². The lowest BCUT2D eigenvalue weighted by Crippen LogP contribution is -2.26. The van der Waals surface area contributed by atoms with E-state index in [9.17, 15) is 17.1 Å². The molecule has 2 rings (SSSR count). The molecule has 1 amide bonds. The minimum absolute atomic E-state index is 0.109. The first-order valence-corrected chi connectivity index (χ1v) is 7.44. The highest BCUT2D eigenvalue weighted by Crippen LogP contribution is 2.27. The van der Waals surface area contributed by atoms with Gasteiger partial charge in [0, 0.05) is 18.7 Å². The number of aliphatic hydroxyl groups excluding tert-OH is 1. The third-order valence-electron chi connectivity index (χ3n) is 3.00. The number of halogens is 1. The van der Waals surface area contributed by atoms with Gasteiger partial charge < -0.3 is 14.7 Å². The SMILES string of the molecule is O=C1CC(S(=O)(=O)F)CN1c1ccc(OCCO)cc1. The van der Waals surface area contributed by atoms with Crippen LogP contribution >= 0.6 is 0 Å². The van der Waals surface area contributed by atoms with Gasteiger partial charge in [0.05, 0.1) is 6.61 Å². The highest BCUT2D eigenvalue weighted by atomic mass is 32.3. The number of benzene rings is 1. The Hall–Kier alpha value is -1.67. The fraction of sp³-hybridized carbons (Fsp3) is 0.417. The van der Waals surface area contributed by atoms with Gasteiger partial charge in [-0.1, -0.05) is 0 Å². The first-order valence-electron chi connectivity index (χ1n) is 5.99. The molecule has 1 saturated heterocycles. The first kappa shape index (κ1) is 14.7. The third kappa shape index (κ3) is 3.26. The van der Waals surface area contributed by atoms with Gasteiger partial charge in [0.25, 0.3) is 0 Å². The van der Waals surface area contributed by atoms with E-state index in [1.807, 2.05) is 0 Å². The number of hydrogen-bond donors (Lipinski definition) is 1. The third-order valence-corrected chi connectivity index (χ3v) is 4.11. The van der Waals surface area contributed by atoms with Crippen LogP contribution in [0.3, 0.4) is 0 Å². The summed E-state index contributed by atoms with van der Waals surface area (Å²) in [6.45, 7) is -0.138. The van der Waals surface area contributed by atoms with E-state index in [2.05, 4.69) is 0 Å². The van der Waals surface area contributed by atoms with Crippen LogP contribution in [-0.4, -0.2) is 44.4 Å². The van der Waals surface area contributed by atoms with Crippen LogP contribution in [0.1, 0.15) is 6.42 Å². The molecule has 1 unspecified atom stereocenters. The Bertz CT molecular complexity index is 586. The second-order valence-electron chi connectivity index (χ2n) is 4.37. The van der Waals surface area contributed by atoms with Crippen molar-refractivity contribution in [2.45, 2.75) is 11.7 Å². The van der Waals surface area contributed by atoms with E-state index in [4.69, 9.17) is 9.84 Å². The molecule has 0 radical (unpaired) electrons. The van der Waals surface area contributed by atoms with Gasteiger partial charge >= 0.3 is 10.2 Å². The van der Waals surface area contributed by atoms with Gasteiger partial charge in [-0.3, -0.25) is 4.79 Å². The maximum atomic E-state index is 12.9. The summed E-state index contributed by atoms with van der Waals surface area (Å²) >= 11 is 0. The van der Waals surface area contributed by atoms with Crippen molar-refractivity contribution in [3.63, 3.8) is 0 Å². The zero-order chi connectivity index (χ0) is 14.8. The van der Waals surface area contributed by atoms with Gasteiger partial charge in [0.15, 0.2) is 0 Å². The summed E-state index contributed by atoms with van der Waals surface area (Å²) in [5.41, 5.74) is 0.484. The van der Waals surface area contributed by atoms with Crippen LogP contribution in [0.2, 0.25) is 0 Å². The molecule has 0 aliphatic carbocycles. The molecule has 0 spiro atoms. The summed E-state index contributed by atoms with van der Waals surface area (Å²) in [4.78, 5) is 13.0. The lowest BCUT2D eigenvalue weighted by Gasteiger charge is -2.16. The van der Waals surface area contributed by atoms with Crippen molar-refractivity contribution in [3.05, 3.63) is 24.3 Å². The van der Waals surface area contributed by atoms with Crippen LogP contribution in [0.4, 0.5) is 9.57 Å². The number of rotatable bonds is 5. The lowest BCUT2D eigenvalue weighted by atomic mass is 10.3.